The Morgan fingerprint density at radius 1 is 0.735 bits per heavy atom. The van der Waals surface area contributed by atoms with Crippen molar-refractivity contribution in [1.82, 2.24) is 9.97 Å². The van der Waals surface area contributed by atoms with Crippen LogP contribution in [0.15, 0.2) is 97.1 Å². The van der Waals surface area contributed by atoms with Gasteiger partial charge in [-0.1, -0.05) is 53.5 Å². The summed E-state index contributed by atoms with van der Waals surface area (Å²) >= 11 is 12.3. The van der Waals surface area contributed by atoms with E-state index in [2.05, 4.69) is 5.32 Å². The number of hydrogen-bond donors (Lipinski definition) is 1. The van der Waals surface area contributed by atoms with Gasteiger partial charge in [-0.05, 0) is 66.7 Å². The molecule has 4 nitrogen and oxygen atoms in total. The van der Waals surface area contributed by atoms with Crippen LogP contribution in [0.1, 0.15) is 5.56 Å². The maximum atomic E-state index is 6.21. The molecule has 0 amide bonds. The van der Waals surface area contributed by atoms with Crippen LogP contribution < -0.4 is 10.1 Å². The number of aromatic nitrogens is 2. The van der Waals surface area contributed by atoms with Crippen molar-refractivity contribution in [3.63, 3.8) is 0 Å². The molecule has 0 aliphatic carbocycles. The monoisotopic (exact) mass is 507 g/mol. The molecule has 4 aromatic carbocycles. The highest BCUT2D eigenvalue weighted by molar-refractivity contribution is 6.31. The third kappa shape index (κ3) is 5.42. The molecule has 34 heavy (non-hydrogen) atoms. The molecule has 0 unspecified atom stereocenters. The number of hydrogen-bond acceptors (Lipinski definition) is 4. The van der Waals surface area contributed by atoms with Crippen LogP contribution in [0.3, 0.4) is 0 Å². The van der Waals surface area contributed by atoms with Gasteiger partial charge in [-0.25, -0.2) is 9.97 Å². The summed E-state index contributed by atoms with van der Waals surface area (Å²) < 4.78 is 5.89. The van der Waals surface area contributed by atoms with Gasteiger partial charge in [-0.15, -0.1) is 12.4 Å². The van der Waals surface area contributed by atoms with Crippen LogP contribution in [-0.2, 0) is 6.61 Å². The van der Waals surface area contributed by atoms with E-state index < -0.39 is 0 Å². The molecule has 0 saturated heterocycles. The van der Waals surface area contributed by atoms with E-state index in [9.17, 15) is 0 Å². The first-order chi connectivity index (χ1) is 16.2. The lowest BCUT2D eigenvalue weighted by molar-refractivity contribution is 0.306. The van der Waals surface area contributed by atoms with Crippen molar-refractivity contribution in [1.29, 1.82) is 0 Å². The Morgan fingerprint density at radius 2 is 1.44 bits per heavy atom. The van der Waals surface area contributed by atoms with Crippen LogP contribution in [0.4, 0.5) is 11.5 Å². The summed E-state index contributed by atoms with van der Waals surface area (Å²) in [5.41, 5.74) is 3.60. The predicted molar refractivity (Wildman–Crippen MR) is 143 cm³/mol. The van der Waals surface area contributed by atoms with Gasteiger partial charge < -0.3 is 10.1 Å². The molecule has 0 atom stereocenters. The normalized spacial score (nSPS) is 10.5. The van der Waals surface area contributed by atoms with Crippen molar-refractivity contribution < 1.29 is 4.74 Å². The van der Waals surface area contributed by atoms with Gasteiger partial charge in [-0.3, -0.25) is 0 Å². The zero-order valence-corrected chi connectivity index (χ0v) is 20.2. The number of benzene rings is 4. The third-order valence-corrected chi connectivity index (χ3v) is 5.80. The Morgan fingerprint density at radius 3 is 2.21 bits per heavy atom. The van der Waals surface area contributed by atoms with Gasteiger partial charge in [0.25, 0.3) is 0 Å². The number of nitrogens with one attached hydrogen (secondary N) is 1. The zero-order valence-electron chi connectivity index (χ0n) is 17.9. The molecule has 1 heterocycles. The number of para-hydroxylation sites is 1. The van der Waals surface area contributed by atoms with E-state index in [1.165, 1.54) is 0 Å². The summed E-state index contributed by atoms with van der Waals surface area (Å²) in [6.45, 7) is 0.410. The molecule has 1 aromatic heterocycles. The quantitative estimate of drug-likeness (QED) is 0.250. The van der Waals surface area contributed by atoms with Crippen molar-refractivity contribution in [3.05, 3.63) is 113 Å². The molecule has 1 N–H and O–H groups in total. The van der Waals surface area contributed by atoms with Crippen molar-refractivity contribution in [3.8, 4) is 17.1 Å². The fraction of sp³-hybridized carbons (Fsp3) is 0.0370. The van der Waals surface area contributed by atoms with Gasteiger partial charge in [0.2, 0.25) is 0 Å². The van der Waals surface area contributed by atoms with Crippen LogP contribution in [0, 0.1) is 0 Å². The standard InChI is InChI=1S/C27H19Cl2N3O.ClH/c28-20-11-9-18(10-12-20)26-31-25-8-4-2-6-23(25)27(32-26)30-21-13-15-22(16-14-21)33-17-19-5-1-3-7-24(19)29;/h1-16H,17H2,(H,30,31,32);1H. The Bertz CT molecular complexity index is 1410. The summed E-state index contributed by atoms with van der Waals surface area (Å²) in [7, 11) is 0. The van der Waals surface area contributed by atoms with Crippen molar-refractivity contribution in [2.45, 2.75) is 6.61 Å². The molecular formula is C27H20Cl3N3O. The Labute approximate surface area is 214 Å². The second-order valence-electron chi connectivity index (χ2n) is 7.45. The number of rotatable bonds is 6. The summed E-state index contributed by atoms with van der Waals surface area (Å²) in [6, 6.07) is 30.9. The van der Waals surface area contributed by atoms with Crippen LogP contribution in [0.5, 0.6) is 5.75 Å². The molecule has 5 rings (SSSR count). The minimum atomic E-state index is 0. The van der Waals surface area contributed by atoms with Crippen LogP contribution in [0.25, 0.3) is 22.3 Å². The lowest BCUT2D eigenvalue weighted by atomic mass is 10.2. The van der Waals surface area contributed by atoms with E-state index in [1.807, 2.05) is 97.1 Å². The molecule has 0 aliphatic heterocycles. The van der Waals surface area contributed by atoms with Gasteiger partial charge in [0, 0.05) is 32.2 Å². The van der Waals surface area contributed by atoms with E-state index >= 15 is 0 Å². The fourth-order valence-corrected chi connectivity index (χ4v) is 3.76. The van der Waals surface area contributed by atoms with Crippen molar-refractivity contribution >= 4 is 58.0 Å². The van der Waals surface area contributed by atoms with Gasteiger partial charge >= 0.3 is 0 Å². The second kappa shape index (κ2) is 10.7. The maximum Gasteiger partial charge on any atom is 0.162 e. The number of nitrogens with zero attached hydrogens (tertiary/aromatic N) is 2. The van der Waals surface area contributed by atoms with E-state index in [4.69, 9.17) is 37.9 Å². The summed E-state index contributed by atoms with van der Waals surface area (Å²) in [4.78, 5) is 9.52. The summed E-state index contributed by atoms with van der Waals surface area (Å²) in [5.74, 6) is 2.12. The molecule has 0 radical (unpaired) electrons. The summed E-state index contributed by atoms with van der Waals surface area (Å²) in [5, 5.41) is 5.74. The van der Waals surface area contributed by atoms with E-state index in [-0.39, 0.29) is 12.4 Å². The van der Waals surface area contributed by atoms with E-state index in [1.54, 1.807) is 0 Å². The van der Waals surface area contributed by atoms with Gasteiger partial charge in [0.1, 0.15) is 18.2 Å². The highest BCUT2D eigenvalue weighted by Crippen LogP contribution is 2.29. The van der Waals surface area contributed by atoms with Crippen molar-refractivity contribution in [2.75, 3.05) is 5.32 Å². The smallest absolute Gasteiger partial charge is 0.162 e. The highest BCUT2D eigenvalue weighted by atomic mass is 35.5. The zero-order chi connectivity index (χ0) is 22.6. The average Bonchev–Trinajstić information content (AvgIpc) is 2.85. The minimum Gasteiger partial charge on any atom is -0.489 e. The number of anilines is 2. The summed E-state index contributed by atoms with van der Waals surface area (Å²) in [6.07, 6.45) is 0. The Balaban J connectivity index is 0.00000274. The van der Waals surface area contributed by atoms with Gasteiger partial charge in [0.15, 0.2) is 5.82 Å². The maximum absolute atomic E-state index is 6.21. The second-order valence-corrected chi connectivity index (χ2v) is 8.29. The number of ether oxygens (including phenoxy) is 1. The molecule has 0 saturated carbocycles. The molecule has 170 valence electrons. The lowest BCUT2D eigenvalue weighted by Crippen LogP contribution is -2.00. The lowest BCUT2D eigenvalue weighted by Gasteiger charge is -2.12. The van der Waals surface area contributed by atoms with Gasteiger partial charge in [-0.2, -0.15) is 0 Å². The molecule has 0 aliphatic rings. The fourth-order valence-electron chi connectivity index (χ4n) is 3.45. The highest BCUT2D eigenvalue weighted by Gasteiger charge is 2.10. The number of halogens is 3. The largest absolute Gasteiger partial charge is 0.489 e. The van der Waals surface area contributed by atoms with Crippen LogP contribution >= 0.6 is 35.6 Å². The van der Waals surface area contributed by atoms with Crippen LogP contribution in [0.2, 0.25) is 10.0 Å². The van der Waals surface area contributed by atoms with E-state index in [0.29, 0.717) is 22.5 Å². The molecule has 7 heteroatoms. The first-order valence-corrected chi connectivity index (χ1v) is 11.2. The van der Waals surface area contributed by atoms with Crippen molar-refractivity contribution in [2.24, 2.45) is 0 Å². The Hall–Kier alpha value is -3.31. The molecule has 0 fully saturated rings. The molecule has 0 bridgehead atoms. The molecular weight excluding hydrogens is 489 g/mol. The SMILES string of the molecule is Cl.Clc1ccc(-c2nc(Nc3ccc(OCc4ccccc4Cl)cc3)c3ccccc3n2)cc1. The minimum absolute atomic E-state index is 0. The van der Waals surface area contributed by atoms with Gasteiger partial charge in [0.05, 0.1) is 5.52 Å². The van der Waals surface area contributed by atoms with E-state index in [0.717, 1.165) is 39.3 Å². The average molecular weight is 509 g/mol. The topological polar surface area (TPSA) is 47.0 Å². The Kier molecular flexibility index (Phi) is 7.53. The first kappa shape index (κ1) is 23.8. The first-order valence-electron chi connectivity index (χ1n) is 10.4. The molecule has 5 aromatic rings. The third-order valence-electron chi connectivity index (χ3n) is 5.17. The molecule has 0 spiro atoms. The predicted octanol–water partition coefficient (Wildman–Crippen LogP) is 8.35. The number of fused-ring (bicyclic) bond motifs is 1. The van der Waals surface area contributed by atoms with Crippen LogP contribution in [-0.4, -0.2) is 9.97 Å².